The van der Waals surface area contributed by atoms with Crippen molar-refractivity contribution in [1.29, 1.82) is 0 Å². The van der Waals surface area contributed by atoms with E-state index in [0.717, 1.165) is 28.0 Å². The summed E-state index contributed by atoms with van der Waals surface area (Å²) >= 11 is 0. The fraction of sp³-hybridized carbons (Fsp3) is 0.176. The third-order valence-electron chi connectivity index (χ3n) is 3.39. The van der Waals surface area contributed by atoms with E-state index in [4.69, 9.17) is 9.15 Å². The zero-order chi connectivity index (χ0) is 14.7. The van der Waals surface area contributed by atoms with Gasteiger partial charge in [0, 0.05) is 17.5 Å². The van der Waals surface area contributed by atoms with Crippen molar-refractivity contribution in [2.45, 2.75) is 13.1 Å². The molecule has 4 nitrogen and oxygen atoms in total. The van der Waals surface area contributed by atoms with Gasteiger partial charge in [0.1, 0.15) is 11.5 Å². The number of hydrogen-bond acceptors (Lipinski definition) is 4. The lowest BCUT2D eigenvalue weighted by Crippen LogP contribution is -2.12. The van der Waals surface area contributed by atoms with Crippen LogP contribution in [0, 0.1) is 0 Å². The van der Waals surface area contributed by atoms with E-state index >= 15 is 0 Å². The predicted octanol–water partition coefficient (Wildman–Crippen LogP) is 3.44. The quantitative estimate of drug-likeness (QED) is 0.753. The molecule has 1 aromatic heterocycles. The van der Waals surface area contributed by atoms with Crippen LogP contribution in [-0.2, 0) is 13.1 Å². The summed E-state index contributed by atoms with van der Waals surface area (Å²) in [4.78, 5) is 0. The SMILES string of the molecule is COc1cccc2cc(CNCc3ccccc3O)oc12. The van der Waals surface area contributed by atoms with Crippen LogP contribution in [0.5, 0.6) is 11.5 Å². The largest absolute Gasteiger partial charge is 0.508 e. The number of furan rings is 1. The summed E-state index contributed by atoms with van der Waals surface area (Å²) in [6.07, 6.45) is 0. The third kappa shape index (κ3) is 2.85. The number of fused-ring (bicyclic) bond motifs is 1. The predicted molar refractivity (Wildman–Crippen MR) is 81.4 cm³/mol. The van der Waals surface area contributed by atoms with Gasteiger partial charge in [-0.15, -0.1) is 0 Å². The topological polar surface area (TPSA) is 54.6 Å². The number of para-hydroxylation sites is 2. The van der Waals surface area contributed by atoms with Crippen molar-refractivity contribution >= 4 is 11.0 Å². The molecule has 2 aromatic carbocycles. The molecule has 0 saturated heterocycles. The van der Waals surface area contributed by atoms with Crippen molar-refractivity contribution in [3.05, 3.63) is 59.9 Å². The summed E-state index contributed by atoms with van der Waals surface area (Å²) in [5.74, 6) is 1.88. The number of phenolic OH excluding ortho intramolecular Hbond substituents is 1. The Labute approximate surface area is 123 Å². The molecule has 0 bridgehead atoms. The maximum atomic E-state index is 9.71. The van der Waals surface area contributed by atoms with Crippen LogP contribution in [0.25, 0.3) is 11.0 Å². The summed E-state index contributed by atoms with van der Waals surface area (Å²) in [5.41, 5.74) is 1.63. The van der Waals surface area contributed by atoms with E-state index in [1.807, 2.05) is 42.5 Å². The van der Waals surface area contributed by atoms with Gasteiger partial charge in [0.2, 0.25) is 0 Å². The van der Waals surface area contributed by atoms with E-state index < -0.39 is 0 Å². The van der Waals surface area contributed by atoms with E-state index in [-0.39, 0.29) is 0 Å². The van der Waals surface area contributed by atoms with Crippen LogP contribution in [0.3, 0.4) is 0 Å². The summed E-state index contributed by atoms with van der Waals surface area (Å²) in [5, 5.41) is 14.0. The highest BCUT2D eigenvalue weighted by atomic mass is 16.5. The Bertz CT molecular complexity index is 749. The molecule has 0 fully saturated rings. The first kappa shape index (κ1) is 13.5. The van der Waals surface area contributed by atoms with Crippen LogP contribution in [0.15, 0.2) is 52.9 Å². The molecular weight excluding hydrogens is 266 g/mol. The van der Waals surface area contributed by atoms with Gasteiger partial charge in [0.25, 0.3) is 0 Å². The normalized spacial score (nSPS) is 10.9. The van der Waals surface area contributed by atoms with Crippen LogP contribution < -0.4 is 10.1 Å². The van der Waals surface area contributed by atoms with Gasteiger partial charge in [0.05, 0.1) is 13.7 Å². The average molecular weight is 283 g/mol. The van der Waals surface area contributed by atoms with Gasteiger partial charge >= 0.3 is 0 Å². The molecule has 3 aromatic rings. The lowest BCUT2D eigenvalue weighted by molar-refractivity contribution is 0.406. The maximum Gasteiger partial charge on any atom is 0.176 e. The first-order valence-electron chi connectivity index (χ1n) is 6.81. The van der Waals surface area contributed by atoms with Crippen molar-refractivity contribution in [2.24, 2.45) is 0 Å². The standard InChI is InChI=1S/C17H17NO3/c1-20-16-8-4-6-12-9-14(21-17(12)16)11-18-10-13-5-2-3-7-15(13)19/h2-9,18-19H,10-11H2,1H3. The molecule has 108 valence electrons. The van der Waals surface area contributed by atoms with E-state index in [1.54, 1.807) is 13.2 Å². The third-order valence-corrected chi connectivity index (χ3v) is 3.39. The van der Waals surface area contributed by atoms with Gasteiger partial charge in [-0.2, -0.15) is 0 Å². The second-order valence-electron chi connectivity index (χ2n) is 4.82. The van der Waals surface area contributed by atoms with Crippen LogP contribution in [0.2, 0.25) is 0 Å². The van der Waals surface area contributed by atoms with E-state index in [1.165, 1.54) is 0 Å². The number of nitrogens with one attached hydrogen (secondary N) is 1. The molecule has 4 heteroatoms. The number of aromatic hydroxyl groups is 1. The van der Waals surface area contributed by atoms with Crippen LogP contribution in [0.1, 0.15) is 11.3 Å². The first-order chi connectivity index (χ1) is 10.3. The van der Waals surface area contributed by atoms with Crippen molar-refractivity contribution in [1.82, 2.24) is 5.32 Å². The monoisotopic (exact) mass is 283 g/mol. The number of ether oxygens (including phenoxy) is 1. The average Bonchev–Trinajstić information content (AvgIpc) is 2.92. The molecule has 0 radical (unpaired) electrons. The van der Waals surface area contributed by atoms with E-state index in [9.17, 15) is 5.11 Å². The molecule has 0 aliphatic carbocycles. The van der Waals surface area contributed by atoms with Gasteiger partial charge in [-0.3, -0.25) is 0 Å². The number of phenols is 1. The minimum atomic E-state index is 0.302. The molecule has 0 unspecified atom stereocenters. The molecular formula is C17H17NO3. The lowest BCUT2D eigenvalue weighted by Gasteiger charge is -2.05. The summed E-state index contributed by atoms with van der Waals surface area (Å²) < 4.78 is 11.1. The molecule has 0 aliphatic heterocycles. The number of methoxy groups -OCH3 is 1. The number of rotatable bonds is 5. The minimum absolute atomic E-state index is 0.302. The minimum Gasteiger partial charge on any atom is -0.508 e. The molecule has 0 saturated carbocycles. The second-order valence-corrected chi connectivity index (χ2v) is 4.82. The van der Waals surface area contributed by atoms with Gasteiger partial charge in [0.15, 0.2) is 11.3 Å². The van der Waals surface area contributed by atoms with Gasteiger partial charge in [-0.1, -0.05) is 30.3 Å². The Hall–Kier alpha value is -2.46. The van der Waals surface area contributed by atoms with Gasteiger partial charge < -0.3 is 19.6 Å². The number of benzene rings is 2. The summed E-state index contributed by atoms with van der Waals surface area (Å²) in [6.45, 7) is 1.17. The van der Waals surface area contributed by atoms with Crippen LogP contribution in [-0.4, -0.2) is 12.2 Å². The highest BCUT2D eigenvalue weighted by Gasteiger charge is 2.08. The molecule has 0 spiro atoms. The fourth-order valence-electron chi connectivity index (χ4n) is 2.32. The second kappa shape index (κ2) is 5.89. The maximum absolute atomic E-state index is 9.71. The molecule has 3 rings (SSSR count). The molecule has 0 atom stereocenters. The zero-order valence-corrected chi connectivity index (χ0v) is 11.8. The van der Waals surface area contributed by atoms with Crippen molar-refractivity contribution < 1.29 is 14.3 Å². The van der Waals surface area contributed by atoms with Gasteiger partial charge in [-0.25, -0.2) is 0 Å². The van der Waals surface area contributed by atoms with Crippen molar-refractivity contribution in [2.75, 3.05) is 7.11 Å². The lowest BCUT2D eigenvalue weighted by atomic mass is 10.2. The Morgan fingerprint density at radius 1 is 1.10 bits per heavy atom. The van der Waals surface area contributed by atoms with E-state index in [0.29, 0.717) is 18.8 Å². The Morgan fingerprint density at radius 2 is 1.95 bits per heavy atom. The molecule has 1 heterocycles. The Morgan fingerprint density at radius 3 is 2.76 bits per heavy atom. The number of hydrogen-bond donors (Lipinski definition) is 2. The highest BCUT2D eigenvalue weighted by molar-refractivity contribution is 5.83. The smallest absolute Gasteiger partial charge is 0.176 e. The van der Waals surface area contributed by atoms with Crippen LogP contribution in [0.4, 0.5) is 0 Å². The Kier molecular flexibility index (Phi) is 3.79. The highest BCUT2D eigenvalue weighted by Crippen LogP contribution is 2.28. The zero-order valence-electron chi connectivity index (χ0n) is 11.8. The first-order valence-corrected chi connectivity index (χ1v) is 6.81. The van der Waals surface area contributed by atoms with Crippen molar-refractivity contribution in [3.8, 4) is 11.5 Å². The molecule has 0 amide bonds. The summed E-state index contributed by atoms with van der Waals surface area (Å²) in [7, 11) is 1.63. The van der Waals surface area contributed by atoms with Crippen molar-refractivity contribution in [3.63, 3.8) is 0 Å². The molecule has 0 aliphatic rings. The fourth-order valence-corrected chi connectivity index (χ4v) is 2.32. The Balaban J connectivity index is 1.70. The van der Waals surface area contributed by atoms with E-state index in [2.05, 4.69) is 5.32 Å². The molecule has 2 N–H and O–H groups in total. The van der Waals surface area contributed by atoms with Crippen LogP contribution >= 0.6 is 0 Å². The summed E-state index contributed by atoms with van der Waals surface area (Å²) in [6, 6.07) is 15.1. The van der Waals surface area contributed by atoms with Gasteiger partial charge in [-0.05, 0) is 18.2 Å². The molecule has 21 heavy (non-hydrogen) atoms.